The van der Waals surface area contributed by atoms with Gasteiger partial charge in [0.05, 0.1) is 10.5 Å². The molecule has 0 aliphatic heterocycles. The summed E-state index contributed by atoms with van der Waals surface area (Å²) in [4.78, 5) is 33.8. The average Bonchev–Trinajstić information content (AvgIpc) is 3.29. The Balaban J connectivity index is 1.65. The number of pyridine rings is 3. The lowest BCUT2D eigenvalue weighted by Crippen LogP contribution is -2.11. The summed E-state index contributed by atoms with van der Waals surface area (Å²) in [6.45, 7) is 1.86. The first-order valence-electron chi connectivity index (χ1n) is 10.5. The number of hydrogen-bond donors (Lipinski definition) is 1. The molecule has 1 N–H and O–H groups in total. The number of H-pyrrole nitrogens is 1. The van der Waals surface area contributed by atoms with Crippen molar-refractivity contribution < 1.29 is 4.42 Å². The zero-order chi connectivity index (χ0) is 23.2. The first kappa shape index (κ1) is 20.3. The smallest absolute Gasteiger partial charge is 0.257 e. The zero-order valence-corrected chi connectivity index (χ0v) is 18.7. The summed E-state index contributed by atoms with van der Waals surface area (Å²) in [6.07, 6.45) is 4.99. The maximum absolute atomic E-state index is 12.8. The van der Waals surface area contributed by atoms with Gasteiger partial charge in [-0.15, -0.1) is 0 Å². The Morgan fingerprint density at radius 2 is 1.76 bits per heavy atom. The molecule has 0 saturated carbocycles. The third-order valence-corrected chi connectivity index (χ3v) is 5.87. The molecule has 0 saturated heterocycles. The second-order valence-corrected chi connectivity index (χ2v) is 8.25. The fourth-order valence-corrected chi connectivity index (χ4v) is 4.26. The lowest BCUT2D eigenvalue weighted by Gasteiger charge is -2.11. The molecule has 0 amide bonds. The van der Waals surface area contributed by atoms with Crippen molar-refractivity contribution in [2.24, 2.45) is 0 Å². The van der Waals surface area contributed by atoms with E-state index in [0.29, 0.717) is 44.4 Å². The number of halogens is 1. The number of nitrogens with one attached hydrogen (secondary N) is 1. The van der Waals surface area contributed by atoms with Gasteiger partial charge in [0.25, 0.3) is 5.56 Å². The van der Waals surface area contributed by atoms with Crippen LogP contribution in [0.3, 0.4) is 0 Å². The van der Waals surface area contributed by atoms with Crippen molar-refractivity contribution in [2.75, 3.05) is 0 Å². The fraction of sp³-hybridized carbons (Fsp3) is 0.0385. The van der Waals surface area contributed by atoms with Gasteiger partial charge < -0.3 is 9.40 Å². The monoisotopic (exact) mass is 465 g/mol. The molecule has 6 aromatic rings. The number of aryl methyl sites for hydroxylation is 1. The standard InChI is InChI=1S/C26H16ClN5O2/c1-14-4-5-21(34-14)24-23(17-11-16-3-2-8-29-22(16)19(27)12-17)30-20-13-18(15-6-9-28-10-7-15)26(33)32-25(20)31-24/h2-13H,1H3,(H,31,32,33). The molecule has 164 valence electrons. The van der Waals surface area contributed by atoms with Crippen LogP contribution in [0.1, 0.15) is 5.76 Å². The molecule has 0 radical (unpaired) electrons. The number of aromatic amines is 1. The summed E-state index contributed by atoms with van der Waals surface area (Å²) in [5, 5.41) is 1.39. The molecule has 0 fully saturated rings. The van der Waals surface area contributed by atoms with Crippen LogP contribution in [-0.4, -0.2) is 24.9 Å². The van der Waals surface area contributed by atoms with Crippen LogP contribution in [0.5, 0.6) is 0 Å². The van der Waals surface area contributed by atoms with Crippen molar-refractivity contribution >= 4 is 33.7 Å². The maximum atomic E-state index is 12.8. The fourth-order valence-electron chi connectivity index (χ4n) is 3.98. The van der Waals surface area contributed by atoms with E-state index in [1.807, 2.05) is 43.3 Å². The van der Waals surface area contributed by atoms with E-state index in [9.17, 15) is 4.79 Å². The van der Waals surface area contributed by atoms with Gasteiger partial charge in [-0.3, -0.25) is 14.8 Å². The number of aromatic nitrogens is 5. The minimum Gasteiger partial charge on any atom is -0.460 e. The topological polar surface area (TPSA) is 97.6 Å². The summed E-state index contributed by atoms with van der Waals surface area (Å²) in [5.41, 5.74) is 4.43. The predicted octanol–water partition coefficient (Wildman–Crippen LogP) is 5.82. The number of benzene rings is 1. The van der Waals surface area contributed by atoms with Crippen molar-refractivity contribution in [3.63, 3.8) is 0 Å². The van der Waals surface area contributed by atoms with Crippen molar-refractivity contribution in [3.8, 4) is 33.8 Å². The molecule has 0 aliphatic carbocycles. The molecular formula is C26H16ClN5O2. The zero-order valence-electron chi connectivity index (χ0n) is 17.9. The van der Waals surface area contributed by atoms with Crippen molar-refractivity contribution in [1.29, 1.82) is 0 Å². The molecule has 0 atom stereocenters. The van der Waals surface area contributed by atoms with E-state index in [1.54, 1.807) is 36.8 Å². The quantitative estimate of drug-likeness (QED) is 0.354. The van der Waals surface area contributed by atoms with Crippen LogP contribution in [-0.2, 0) is 0 Å². The second kappa shape index (κ2) is 7.90. The maximum Gasteiger partial charge on any atom is 0.257 e. The lowest BCUT2D eigenvalue weighted by molar-refractivity contribution is 0.546. The van der Waals surface area contributed by atoms with Gasteiger partial charge in [0.15, 0.2) is 11.4 Å². The average molecular weight is 466 g/mol. The molecule has 0 spiro atoms. The number of nitrogens with zero attached hydrogens (tertiary/aromatic N) is 4. The van der Waals surface area contributed by atoms with E-state index >= 15 is 0 Å². The minimum absolute atomic E-state index is 0.262. The Labute approximate surface area is 198 Å². The molecule has 0 aliphatic rings. The van der Waals surface area contributed by atoms with Gasteiger partial charge in [0.1, 0.15) is 22.7 Å². The second-order valence-electron chi connectivity index (χ2n) is 7.85. The van der Waals surface area contributed by atoms with Gasteiger partial charge in [0.2, 0.25) is 0 Å². The highest BCUT2D eigenvalue weighted by atomic mass is 35.5. The Morgan fingerprint density at radius 3 is 2.56 bits per heavy atom. The molecule has 7 nitrogen and oxygen atoms in total. The van der Waals surface area contributed by atoms with Crippen LogP contribution in [0.25, 0.3) is 55.9 Å². The molecule has 1 aromatic carbocycles. The molecule has 8 heteroatoms. The van der Waals surface area contributed by atoms with Crippen LogP contribution in [0.15, 0.2) is 82.4 Å². The summed E-state index contributed by atoms with van der Waals surface area (Å²) in [6, 6.07) is 16.6. The van der Waals surface area contributed by atoms with Crippen LogP contribution in [0.2, 0.25) is 5.02 Å². The summed E-state index contributed by atoms with van der Waals surface area (Å²) < 4.78 is 5.87. The van der Waals surface area contributed by atoms with E-state index in [-0.39, 0.29) is 5.56 Å². The van der Waals surface area contributed by atoms with E-state index in [4.69, 9.17) is 26.0 Å². The van der Waals surface area contributed by atoms with Crippen LogP contribution < -0.4 is 5.56 Å². The first-order chi connectivity index (χ1) is 16.6. The van der Waals surface area contributed by atoms with Gasteiger partial charge in [-0.1, -0.05) is 17.7 Å². The van der Waals surface area contributed by atoms with Crippen molar-refractivity contribution in [1.82, 2.24) is 24.9 Å². The summed E-state index contributed by atoms with van der Waals surface area (Å²) in [7, 11) is 0. The Hall–Kier alpha value is -4.36. The third kappa shape index (κ3) is 3.43. The molecule has 5 aromatic heterocycles. The van der Waals surface area contributed by atoms with E-state index < -0.39 is 0 Å². The Bertz CT molecular complexity index is 1760. The number of furan rings is 1. The normalized spacial score (nSPS) is 11.4. The largest absolute Gasteiger partial charge is 0.460 e. The lowest BCUT2D eigenvalue weighted by atomic mass is 10.0. The molecule has 6 rings (SSSR count). The molecule has 34 heavy (non-hydrogen) atoms. The minimum atomic E-state index is -0.262. The summed E-state index contributed by atoms with van der Waals surface area (Å²) in [5.74, 6) is 1.29. The van der Waals surface area contributed by atoms with Crippen molar-refractivity contribution in [2.45, 2.75) is 6.92 Å². The highest BCUT2D eigenvalue weighted by Gasteiger charge is 2.19. The Kier molecular flexibility index (Phi) is 4.71. The van der Waals surface area contributed by atoms with Crippen LogP contribution in [0, 0.1) is 6.92 Å². The van der Waals surface area contributed by atoms with E-state index in [0.717, 1.165) is 22.3 Å². The highest BCUT2D eigenvalue weighted by Crippen LogP contribution is 2.35. The van der Waals surface area contributed by atoms with Gasteiger partial charge >= 0.3 is 0 Å². The van der Waals surface area contributed by atoms with Gasteiger partial charge in [0, 0.05) is 35.1 Å². The van der Waals surface area contributed by atoms with Gasteiger partial charge in [-0.05, 0) is 61.0 Å². The number of rotatable bonds is 3. The number of hydrogen-bond acceptors (Lipinski definition) is 6. The van der Waals surface area contributed by atoms with Gasteiger partial charge in [-0.2, -0.15) is 0 Å². The van der Waals surface area contributed by atoms with E-state index in [2.05, 4.69) is 15.0 Å². The van der Waals surface area contributed by atoms with Crippen LogP contribution in [0.4, 0.5) is 0 Å². The molecule has 0 unspecified atom stereocenters. The van der Waals surface area contributed by atoms with Gasteiger partial charge in [-0.25, -0.2) is 9.97 Å². The number of fused-ring (bicyclic) bond motifs is 2. The Morgan fingerprint density at radius 1 is 0.912 bits per heavy atom. The highest BCUT2D eigenvalue weighted by molar-refractivity contribution is 6.35. The van der Waals surface area contributed by atoms with Crippen molar-refractivity contribution in [3.05, 3.63) is 94.3 Å². The molecular weight excluding hydrogens is 450 g/mol. The first-order valence-corrected chi connectivity index (χ1v) is 10.9. The molecule has 0 bridgehead atoms. The van der Waals surface area contributed by atoms with Crippen LogP contribution >= 0.6 is 11.6 Å². The third-order valence-electron chi connectivity index (χ3n) is 5.58. The predicted molar refractivity (Wildman–Crippen MR) is 132 cm³/mol. The summed E-state index contributed by atoms with van der Waals surface area (Å²) >= 11 is 6.57. The molecule has 5 heterocycles. The van der Waals surface area contributed by atoms with E-state index in [1.165, 1.54) is 0 Å². The SMILES string of the molecule is Cc1ccc(-c2nc3[nH]c(=O)c(-c4ccncc4)cc3nc2-c2cc(Cl)c3ncccc3c2)o1.